The summed E-state index contributed by atoms with van der Waals surface area (Å²) < 4.78 is 0. The van der Waals surface area contributed by atoms with E-state index < -0.39 is 0 Å². The SMILES string of the molecule is O=C(NCc1ccccc1)N1CCC[C@@]2(CCC(=O)N2CC2CC2)CC1. The molecular weight excluding hydrogens is 326 g/mol. The summed E-state index contributed by atoms with van der Waals surface area (Å²) in [6.07, 6.45) is 7.14. The van der Waals surface area contributed by atoms with Crippen LogP contribution < -0.4 is 5.32 Å². The number of hydrogen-bond acceptors (Lipinski definition) is 2. The highest BCUT2D eigenvalue weighted by Crippen LogP contribution is 2.42. The zero-order chi connectivity index (χ0) is 18.0. The molecule has 5 nitrogen and oxygen atoms in total. The van der Waals surface area contributed by atoms with Gasteiger partial charge in [-0.15, -0.1) is 0 Å². The third-order valence-corrected chi connectivity index (χ3v) is 6.31. The molecule has 0 bridgehead atoms. The average molecular weight is 355 g/mol. The van der Waals surface area contributed by atoms with Crippen LogP contribution in [0.2, 0.25) is 0 Å². The van der Waals surface area contributed by atoms with Crippen LogP contribution in [-0.4, -0.2) is 46.9 Å². The number of amides is 3. The van der Waals surface area contributed by atoms with Gasteiger partial charge in [0.1, 0.15) is 0 Å². The second-order valence-electron chi connectivity index (χ2n) is 8.16. The summed E-state index contributed by atoms with van der Waals surface area (Å²) in [5.41, 5.74) is 1.12. The number of carbonyl (C=O) groups is 2. The van der Waals surface area contributed by atoms with E-state index >= 15 is 0 Å². The fourth-order valence-corrected chi connectivity index (χ4v) is 4.52. The molecule has 3 aliphatic rings. The third-order valence-electron chi connectivity index (χ3n) is 6.31. The Labute approximate surface area is 155 Å². The lowest BCUT2D eigenvalue weighted by atomic mass is 9.87. The molecule has 1 spiro atoms. The smallest absolute Gasteiger partial charge is 0.317 e. The van der Waals surface area contributed by atoms with Crippen molar-refractivity contribution in [1.82, 2.24) is 15.1 Å². The van der Waals surface area contributed by atoms with Gasteiger partial charge in [-0.2, -0.15) is 0 Å². The predicted octanol–water partition coefficient (Wildman–Crippen LogP) is 3.15. The van der Waals surface area contributed by atoms with Crippen LogP contribution in [0.1, 0.15) is 50.5 Å². The maximum atomic E-state index is 12.6. The van der Waals surface area contributed by atoms with Crippen molar-refractivity contribution < 1.29 is 9.59 Å². The van der Waals surface area contributed by atoms with Gasteiger partial charge in [-0.25, -0.2) is 4.79 Å². The van der Waals surface area contributed by atoms with Crippen molar-refractivity contribution in [2.45, 2.75) is 57.0 Å². The number of nitrogens with one attached hydrogen (secondary N) is 1. The molecule has 3 fully saturated rings. The average Bonchev–Trinajstić information content (AvgIpc) is 3.45. The number of nitrogens with zero attached hydrogens (tertiary/aromatic N) is 2. The number of hydrogen-bond donors (Lipinski definition) is 1. The Morgan fingerprint density at radius 2 is 1.92 bits per heavy atom. The van der Waals surface area contributed by atoms with E-state index in [9.17, 15) is 9.59 Å². The normalized spacial score (nSPS) is 26.2. The monoisotopic (exact) mass is 355 g/mol. The second kappa shape index (κ2) is 7.29. The van der Waals surface area contributed by atoms with E-state index in [1.54, 1.807) is 0 Å². The second-order valence-corrected chi connectivity index (χ2v) is 8.16. The lowest BCUT2D eigenvalue weighted by Crippen LogP contribution is -2.48. The fourth-order valence-electron chi connectivity index (χ4n) is 4.52. The van der Waals surface area contributed by atoms with Gasteiger partial charge < -0.3 is 15.1 Å². The minimum absolute atomic E-state index is 0.00807. The maximum absolute atomic E-state index is 12.6. The molecule has 2 heterocycles. The van der Waals surface area contributed by atoms with Crippen LogP contribution in [0.25, 0.3) is 0 Å². The highest BCUT2D eigenvalue weighted by atomic mass is 16.2. The van der Waals surface area contributed by atoms with Crippen molar-refractivity contribution in [1.29, 1.82) is 0 Å². The van der Waals surface area contributed by atoms with Crippen molar-refractivity contribution in [3.8, 4) is 0 Å². The standard InChI is InChI=1S/C21H29N3O2/c25-19-9-11-21(24(19)16-18-7-8-18)10-4-13-23(14-12-21)20(26)22-15-17-5-2-1-3-6-17/h1-3,5-6,18H,4,7-16H2,(H,22,26)/t21-/m1/s1. The van der Waals surface area contributed by atoms with E-state index in [1.165, 1.54) is 12.8 Å². The van der Waals surface area contributed by atoms with E-state index in [4.69, 9.17) is 0 Å². The Hall–Kier alpha value is -2.04. The molecule has 5 heteroatoms. The van der Waals surface area contributed by atoms with Crippen LogP contribution in [0.5, 0.6) is 0 Å². The van der Waals surface area contributed by atoms with Gasteiger partial charge >= 0.3 is 6.03 Å². The summed E-state index contributed by atoms with van der Waals surface area (Å²) in [4.78, 5) is 29.2. The van der Waals surface area contributed by atoms with E-state index in [0.717, 1.165) is 56.8 Å². The molecule has 2 saturated heterocycles. The summed E-state index contributed by atoms with van der Waals surface area (Å²) in [6, 6.07) is 10.0. The molecule has 1 atom stereocenters. The lowest BCUT2D eigenvalue weighted by molar-refractivity contribution is -0.131. The lowest BCUT2D eigenvalue weighted by Gasteiger charge is -2.38. The van der Waals surface area contributed by atoms with Gasteiger partial charge in [-0.05, 0) is 50.0 Å². The molecule has 4 rings (SSSR count). The molecule has 1 N–H and O–H groups in total. The quantitative estimate of drug-likeness (QED) is 0.902. The molecule has 1 aromatic rings. The molecule has 1 aromatic carbocycles. The largest absolute Gasteiger partial charge is 0.337 e. The topological polar surface area (TPSA) is 52.7 Å². The minimum atomic E-state index is 0.00807. The van der Waals surface area contributed by atoms with Crippen LogP contribution in [0.4, 0.5) is 4.79 Å². The first kappa shape index (κ1) is 17.4. The van der Waals surface area contributed by atoms with E-state index in [2.05, 4.69) is 10.2 Å². The van der Waals surface area contributed by atoms with Gasteiger partial charge in [-0.1, -0.05) is 30.3 Å². The Morgan fingerprint density at radius 3 is 2.69 bits per heavy atom. The first-order chi connectivity index (χ1) is 12.7. The molecule has 0 unspecified atom stereocenters. The third kappa shape index (κ3) is 3.71. The van der Waals surface area contributed by atoms with Gasteiger partial charge in [0.25, 0.3) is 0 Å². The Kier molecular flexibility index (Phi) is 4.88. The summed E-state index contributed by atoms with van der Waals surface area (Å²) >= 11 is 0. The Morgan fingerprint density at radius 1 is 1.12 bits per heavy atom. The van der Waals surface area contributed by atoms with Crippen LogP contribution in [0.15, 0.2) is 30.3 Å². The maximum Gasteiger partial charge on any atom is 0.317 e. The van der Waals surface area contributed by atoms with Crippen LogP contribution in [0.3, 0.4) is 0 Å². The van der Waals surface area contributed by atoms with Gasteiger partial charge in [0.05, 0.1) is 0 Å². The summed E-state index contributed by atoms with van der Waals surface area (Å²) in [5.74, 6) is 1.06. The summed E-state index contributed by atoms with van der Waals surface area (Å²) in [5, 5.41) is 3.04. The first-order valence-electron chi connectivity index (χ1n) is 10.0. The highest BCUT2D eigenvalue weighted by Gasteiger charge is 2.47. The van der Waals surface area contributed by atoms with Crippen molar-refractivity contribution >= 4 is 11.9 Å². The minimum Gasteiger partial charge on any atom is -0.337 e. The molecule has 26 heavy (non-hydrogen) atoms. The summed E-state index contributed by atoms with van der Waals surface area (Å²) in [6.45, 7) is 3.04. The predicted molar refractivity (Wildman–Crippen MR) is 101 cm³/mol. The van der Waals surface area contributed by atoms with Crippen molar-refractivity contribution in [3.05, 3.63) is 35.9 Å². The molecule has 140 valence electrons. The molecular formula is C21H29N3O2. The molecule has 1 aliphatic carbocycles. The highest BCUT2D eigenvalue weighted by molar-refractivity contribution is 5.80. The number of likely N-dealkylation sites (tertiary alicyclic amines) is 2. The van der Waals surface area contributed by atoms with Gasteiger partial charge in [-0.3, -0.25) is 4.79 Å². The van der Waals surface area contributed by atoms with E-state index in [1.807, 2.05) is 35.2 Å². The van der Waals surface area contributed by atoms with Crippen molar-refractivity contribution in [2.24, 2.45) is 5.92 Å². The molecule has 0 aromatic heterocycles. The number of rotatable bonds is 4. The zero-order valence-electron chi connectivity index (χ0n) is 15.5. The Bertz CT molecular complexity index is 658. The first-order valence-corrected chi connectivity index (χ1v) is 10.0. The van der Waals surface area contributed by atoms with Crippen LogP contribution >= 0.6 is 0 Å². The molecule has 3 amide bonds. The van der Waals surface area contributed by atoms with Crippen molar-refractivity contribution in [3.63, 3.8) is 0 Å². The van der Waals surface area contributed by atoms with E-state index in [0.29, 0.717) is 18.9 Å². The molecule has 1 saturated carbocycles. The van der Waals surface area contributed by atoms with E-state index in [-0.39, 0.29) is 11.6 Å². The number of urea groups is 1. The number of benzene rings is 1. The van der Waals surface area contributed by atoms with Gasteiger partial charge in [0, 0.05) is 38.1 Å². The number of carbonyl (C=O) groups excluding carboxylic acids is 2. The van der Waals surface area contributed by atoms with Crippen LogP contribution in [-0.2, 0) is 11.3 Å². The summed E-state index contributed by atoms with van der Waals surface area (Å²) in [7, 11) is 0. The zero-order valence-corrected chi connectivity index (χ0v) is 15.5. The fraction of sp³-hybridized carbons (Fsp3) is 0.619. The van der Waals surface area contributed by atoms with Crippen molar-refractivity contribution in [2.75, 3.05) is 19.6 Å². The molecule has 2 aliphatic heterocycles. The van der Waals surface area contributed by atoms with Crippen LogP contribution in [0, 0.1) is 5.92 Å². The Balaban J connectivity index is 1.35. The molecule has 0 radical (unpaired) electrons. The van der Waals surface area contributed by atoms with Gasteiger partial charge in [0.2, 0.25) is 5.91 Å². The van der Waals surface area contributed by atoms with Gasteiger partial charge in [0.15, 0.2) is 0 Å².